The standard InChI is InChI=1S/C9H19NO3/c1-3-6-9(4-2)7-5-8-13-10(11)12/h9H,3-8H2,1-2H3. The molecule has 0 saturated heterocycles. The lowest BCUT2D eigenvalue weighted by Crippen LogP contribution is -2.05. The molecule has 0 aliphatic carbocycles. The van der Waals surface area contributed by atoms with Crippen LogP contribution in [-0.2, 0) is 4.84 Å². The molecular weight excluding hydrogens is 170 g/mol. The lowest BCUT2D eigenvalue weighted by Gasteiger charge is -2.12. The molecule has 1 unspecified atom stereocenters. The molecule has 0 aromatic heterocycles. The molecule has 0 saturated carbocycles. The summed E-state index contributed by atoms with van der Waals surface area (Å²) in [6.07, 6.45) is 5.40. The molecule has 4 heteroatoms. The maximum Gasteiger partial charge on any atom is 0.294 e. The summed E-state index contributed by atoms with van der Waals surface area (Å²) in [7, 11) is 0. The van der Waals surface area contributed by atoms with Crippen molar-refractivity contribution in [2.45, 2.75) is 46.0 Å². The number of hydrogen-bond donors (Lipinski definition) is 0. The van der Waals surface area contributed by atoms with E-state index in [1.165, 1.54) is 12.8 Å². The van der Waals surface area contributed by atoms with Crippen molar-refractivity contribution in [2.75, 3.05) is 6.61 Å². The van der Waals surface area contributed by atoms with E-state index in [0.29, 0.717) is 5.92 Å². The van der Waals surface area contributed by atoms with Crippen LogP contribution in [0.2, 0.25) is 0 Å². The molecule has 0 radical (unpaired) electrons. The minimum atomic E-state index is -0.721. The van der Waals surface area contributed by atoms with Crippen molar-refractivity contribution < 1.29 is 9.92 Å². The maximum absolute atomic E-state index is 9.82. The highest BCUT2D eigenvalue weighted by molar-refractivity contribution is 4.55. The summed E-state index contributed by atoms with van der Waals surface area (Å²) in [5.41, 5.74) is 0. The molecule has 0 aromatic carbocycles. The molecule has 0 aliphatic heterocycles. The Bertz CT molecular complexity index is 139. The summed E-state index contributed by atoms with van der Waals surface area (Å²) in [5.74, 6) is 0.709. The van der Waals surface area contributed by atoms with Gasteiger partial charge in [-0.3, -0.25) is 0 Å². The molecule has 4 nitrogen and oxygen atoms in total. The summed E-state index contributed by atoms with van der Waals surface area (Å²) >= 11 is 0. The maximum atomic E-state index is 9.82. The van der Waals surface area contributed by atoms with Crippen LogP contribution in [0.1, 0.15) is 46.0 Å². The molecule has 0 rings (SSSR count). The zero-order valence-corrected chi connectivity index (χ0v) is 8.49. The summed E-state index contributed by atoms with van der Waals surface area (Å²) in [6, 6.07) is 0. The van der Waals surface area contributed by atoms with Gasteiger partial charge in [0.1, 0.15) is 0 Å². The first kappa shape index (κ1) is 12.2. The Morgan fingerprint density at radius 2 is 2.08 bits per heavy atom. The second-order valence-electron chi connectivity index (χ2n) is 3.26. The number of hydrogen-bond acceptors (Lipinski definition) is 3. The van der Waals surface area contributed by atoms with Crippen LogP contribution in [0.25, 0.3) is 0 Å². The quantitative estimate of drug-likeness (QED) is 0.335. The normalized spacial score (nSPS) is 12.5. The van der Waals surface area contributed by atoms with Crippen molar-refractivity contribution in [2.24, 2.45) is 5.92 Å². The third kappa shape index (κ3) is 7.56. The molecule has 0 aromatic rings. The fourth-order valence-electron chi connectivity index (χ4n) is 1.47. The van der Waals surface area contributed by atoms with E-state index >= 15 is 0 Å². The van der Waals surface area contributed by atoms with Gasteiger partial charge in [0.15, 0.2) is 0 Å². The van der Waals surface area contributed by atoms with Crippen LogP contribution in [0, 0.1) is 16.0 Å². The van der Waals surface area contributed by atoms with Crippen LogP contribution in [0.5, 0.6) is 0 Å². The average Bonchev–Trinajstić information content (AvgIpc) is 2.10. The van der Waals surface area contributed by atoms with Gasteiger partial charge in [0.2, 0.25) is 0 Å². The zero-order chi connectivity index (χ0) is 10.1. The Labute approximate surface area is 79.4 Å². The van der Waals surface area contributed by atoms with Gasteiger partial charge in [-0.25, -0.2) is 0 Å². The van der Waals surface area contributed by atoms with Crippen molar-refractivity contribution >= 4 is 0 Å². The van der Waals surface area contributed by atoms with E-state index in [-0.39, 0.29) is 6.61 Å². The first-order valence-corrected chi connectivity index (χ1v) is 4.98. The molecule has 13 heavy (non-hydrogen) atoms. The van der Waals surface area contributed by atoms with E-state index in [9.17, 15) is 10.1 Å². The van der Waals surface area contributed by atoms with Crippen LogP contribution < -0.4 is 0 Å². The van der Waals surface area contributed by atoms with Gasteiger partial charge in [-0.05, 0) is 18.8 Å². The Hall–Kier alpha value is -0.800. The van der Waals surface area contributed by atoms with Crippen LogP contribution >= 0.6 is 0 Å². The number of rotatable bonds is 8. The second kappa shape index (κ2) is 7.83. The SMILES string of the molecule is CCCC(CC)CCCO[N+](=O)[O-]. The van der Waals surface area contributed by atoms with Crippen LogP contribution in [0.15, 0.2) is 0 Å². The van der Waals surface area contributed by atoms with E-state index in [4.69, 9.17) is 0 Å². The topological polar surface area (TPSA) is 52.4 Å². The summed E-state index contributed by atoms with van der Waals surface area (Å²) in [6.45, 7) is 4.57. The highest BCUT2D eigenvalue weighted by Gasteiger charge is 2.04. The minimum absolute atomic E-state index is 0.243. The fraction of sp³-hybridized carbons (Fsp3) is 1.00. The van der Waals surface area contributed by atoms with Crippen molar-refractivity contribution in [1.82, 2.24) is 0 Å². The van der Waals surface area contributed by atoms with Gasteiger partial charge < -0.3 is 4.84 Å². The Balaban J connectivity index is 3.32. The summed E-state index contributed by atoms with van der Waals surface area (Å²) in [4.78, 5) is 14.1. The first-order valence-electron chi connectivity index (χ1n) is 4.98. The van der Waals surface area contributed by atoms with Crippen molar-refractivity contribution in [3.8, 4) is 0 Å². The van der Waals surface area contributed by atoms with Crippen molar-refractivity contribution in [3.05, 3.63) is 10.1 Å². The molecule has 0 aliphatic rings. The van der Waals surface area contributed by atoms with Gasteiger partial charge in [0, 0.05) is 0 Å². The third-order valence-corrected chi connectivity index (χ3v) is 2.23. The molecule has 78 valence electrons. The lowest BCUT2D eigenvalue weighted by atomic mass is 9.96. The van der Waals surface area contributed by atoms with Gasteiger partial charge in [0.05, 0.1) is 6.61 Å². The van der Waals surface area contributed by atoms with Gasteiger partial charge >= 0.3 is 0 Å². The van der Waals surface area contributed by atoms with Gasteiger partial charge in [-0.15, -0.1) is 10.1 Å². The zero-order valence-electron chi connectivity index (χ0n) is 8.49. The summed E-state index contributed by atoms with van der Waals surface area (Å²) < 4.78 is 0. The number of nitrogens with zero attached hydrogens (tertiary/aromatic N) is 1. The Morgan fingerprint density at radius 3 is 2.54 bits per heavy atom. The Morgan fingerprint density at radius 1 is 1.38 bits per heavy atom. The van der Waals surface area contributed by atoms with Crippen molar-refractivity contribution in [1.29, 1.82) is 0 Å². The highest BCUT2D eigenvalue weighted by Crippen LogP contribution is 2.16. The largest absolute Gasteiger partial charge is 0.314 e. The fourth-order valence-corrected chi connectivity index (χ4v) is 1.47. The van der Waals surface area contributed by atoms with E-state index in [2.05, 4.69) is 18.7 Å². The first-order chi connectivity index (χ1) is 6.20. The average molecular weight is 189 g/mol. The third-order valence-electron chi connectivity index (χ3n) is 2.23. The summed E-state index contributed by atoms with van der Waals surface area (Å²) in [5, 5.41) is 9.10. The molecule has 0 heterocycles. The monoisotopic (exact) mass is 189 g/mol. The van der Waals surface area contributed by atoms with Crippen LogP contribution in [0.3, 0.4) is 0 Å². The molecule has 0 N–H and O–H groups in total. The van der Waals surface area contributed by atoms with Crippen LogP contribution in [-0.4, -0.2) is 11.7 Å². The molecule has 0 amide bonds. The highest BCUT2D eigenvalue weighted by atomic mass is 16.9. The van der Waals surface area contributed by atoms with Crippen LogP contribution in [0.4, 0.5) is 0 Å². The van der Waals surface area contributed by atoms with Gasteiger partial charge in [-0.1, -0.05) is 33.1 Å². The predicted molar refractivity (Wildman–Crippen MR) is 50.9 cm³/mol. The second-order valence-corrected chi connectivity index (χ2v) is 3.26. The van der Waals surface area contributed by atoms with E-state index < -0.39 is 5.09 Å². The molecule has 0 spiro atoms. The minimum Gasteiger partial charge on any atom is -0.314 e. The smallest absolute Gasteiger partial charge is 0.294 e. The Kier molecular flexibility index (Phi) is 7.35. The van der Waals surface area contributed by atoms with E-state index in [1.807, 2.05) is 0 Å². The lowest BCUT2D eigenvalue weighted by molar-refractivity contribution is -0.757. The molecular formula is C9H19NO3. The van der Waals surface area contributed by atoms with Gasteiger partial charge in [-0.2, -0.15) is 0 Å². The predicted octanol–water partition coefficient (Wildman–Crippen LogP) is 2.80. The van der Waals surface area contributed by atoms with Gasteiger partial charge in [0.25, 0.3) is 5.09 Å². The molecule has 0 fully saturated rings. The van der Waals surface area contributed by atoms with E-state index in [1.54, 1.807) is 0 Å². The van der Waals surface area contributed by atoms with E-state index in [0.717, 1.165) is 19.3 Å². The molecule has 0 bridgehead atoms. The molecule has 1 atom stereocenters. The van der Waals surface area contributed by atoms with Crippen molar-refractivity contribution in [3.63, 3.8) is 0 Å².